The van der Waals surface area contributed by atoms with Crippen molar-refractivity contribution in [1.82, 2.24) is 4.90 Å². The molecule has 94 valence electrons. The van der Waals surface area contributed by atoms with Crippen molar-refractivity contribution < 1.29 is 19.8 Å². The highest BCUT2D eigenvalue weighted by Gasteiger charge is 2.09. The number of hydrogen-bond acceptors (Lipinski definition) is 4. The summed E-state index contributed by atoms with van der Waals surface area (Å²) in [6.45, 7) is 4.29. The summed E-state index contributed by atoms with van der Waals surface area (Å²) in [5, 5.41) is 15.8. The van der Waals surface area contributed by atoms with Crippen molar-refractivity contribution in [2.24, 2.45) is 0 Å². The van der Waals surface area contributed by atoms with E-state index in [4.69, 9.17) is 15.0 Å². The van der Waals surface area contributed by atoms with Crippen LogP contribution < -0.4 is 0 Å². The van der Waals surface area contributed by atoms with Crippen LogP contribution >= 0.6 is 11.8 Å². The Hall–Kier alpha value is -0.750. The maximum absolute atomic E-state index is 10.2. The number of carboxylic acids is 2. The minimum atomic E-state index is -0.833. The van der Waals surface area contributed by atoms with Crippen LogP contribution in [-0.4, -0.2) is 58.2 Å². The average Bonchev–Trinajstić information content (AvgIpc) is 2.18. The van der Waals surface area contributed by atoms with Gasteiger partial charge in [0.25, 0.3) is 5.97 Å². The van der Waals surface area contributed by atoms with Crippen molar-refractivity contribution >= 4 is 23.7 Å². The van der Waals surface area contributed by atoms with Crippen molar-refractivity contribution in [3.63, 3.8) is 0 Å². The Morgan fingerprint density at radius 3 is 2.19 bits per heavy atom. The molecule has 0 radical (unpaired) electrons. The van der Waals surface area contributed by atoms with Crippen LogP contribution in [0.3, 0.4) is 0 Å². The van der Waals surface area contributed by atoms with Crippen molar-refractivity contribution in [2.45, 2.75) is 19.8 Å². The van der Waals surface area contributed by atoms with E-state index < -0.39 is 11.9 Å². The summed E-state index contributed by atoms with van der Waals surface area (Å²) in [6, 6.07) is 0. The Bertz CT molecular complexity index is 213. The van der Waals surface area contributed by atoms with Crippen molar-refractivity contribution in [2.75, 3.05) is 31.1 Å². The summed E-state index contributed by atoms with van der Waals surface area (Å²) in [4.78, 5) is 21.6. The average molecular weight is 249 g/mol. The zero-order chi connectivity index (χ0) is 12.4. The lowest BCUT2D eigenvalue weighted by Crippen LogP contribution is -2.33. The molecule has 0 bridgehead atoms. The molecule has 0 aromatic rings. The first-order valence-electron chi connectivity index (χ1n) is 5.24. The van der Waals surface area contributed by atoms with Gasteiger partial charge in [0.2, 0.25) is 0 Å². The van der Waals surface area contributed by atoms with E-state index in [-0.39, 0.29) is 0 Å². The molecular weight excluding hydrogens is 230 g/mol. The van der Waals surface area contributed by atoms with Gasteiger partial charge in [0.1, 0.15) is 0 Å². The molecular formula is C10H19NO4S. The molecule has 6 heteroatoms. The highest BCUT2D eigenvalue weighted by atomic mass is 32.2. The van der Waals surface area contributed by atoms with Crippen molar-refractivity contribution in [1.29, 1.82) is 0 Å². The molecule has 1 rings (SSSR count). The SMILES string of the molecule is CC(=O)O.O=C(O)CCCN1CCSCC1. The molecule has 1 saturated heterocycles. The number of nitrogens with zero attached hydrogens (tertiary/aromatic N) is 1. The maximum atomic E-state index is 10.2. The molecule has 1 fully saturated rings. The molecule has 16 heavy (non-hydrogen) atoms. The molecule has 0 aromatic carbocycles. The maximum Gasteiger partial charge on any atom is 0.303 e. The van der Waals surface area contributed by atoms with Gasteiger partial charge < -0.3 is 15.1 Å². The van der Waals surface area contributed by atoms with E-state index >= 15 is 0 Å². The third kappa shape index (κ3) is 11.3. The van der Waals surface area contributed by atoms with E-state index in [9.17, 15) is 4.79 Å². The van der Waals surface area contributed by atoms with Crippen LogP contribution in [0.15, 0.2) is 0 Å². The fourth-order valence-corrected chi connectivity index (χ4v) is 2.26. The van der Waals surface area contributed by atoms with Gasteiger partial charge in [-0.2, -0.15) is 11.8 Å². The molecule has 0 aliphatic carbocycles. The van der Waals surface area contributed by atoms with Gasteiger partial charge in [0.05, 0.1) is 0 Å². The molecule has 1 aliphatic heterocycles. The summed E-state index contributed by atoms with van der Waals surface area (Å²) < 4.78 is 0. The van der Waals surface area contributed by atoms with E-state index in [1.165, 1.54) is 11.5 Å². The van der Waals surface area contributed by atoms with Crippen LogP contribution in [0, 0.1) is 0 Å². The van der Waals surface area contributed by atoms with Crippen molar-refractivity contribution in [3.05, 3.63) is 0 Å². The molecule has 0 unspecified atom stereocenters. The summed E-state index contributed by atoms with van der Waals surface area (Å²) in [5.41, 5.74) is 0. The first-order valence-corrected chi connectivity index (χ1v) is 6.39. The van der Waals surface area contributed by atoms with Crippen LogP contribution in [-0.2, 0) is 9.59 Å². The van der Waals surface area contributed by atoms with Crippen LogP contribution in [0.2, 0.25) is 0 Å². The molecule has 0 spiro atoms. The van der Waals surface area contributed by atoms with E-state index in [2.05, 4.69) is 4.90 Å². The second-order valence-corrected chi connectivity index (χ2v) is 4.70. The zero-order valence-corrected chi connectivity index (χ0v) is 10.3. The van der Waals surface area contributed by atoms with Crippen LogP contribution in [0.1, 0.15) is 19.8 Å². The monoisotopic (exact) mass is 249 g/mol. The van der Waals surface area contributed by atoms with E-state index in [0.29, 0.717) is 6.42 Å². The quantitative estimate of drug-likeness (QED) is 0.773. The van der Waals surface area contributed by atoms with Gasteiger partial charge in [-0.25, -0.2) is 0 Å². The molecule has 5 nitrogen and oxygen atoms in total. The van der Waals surface area contributed by atoms with E-state index in [1.54, 1.807) is 0 Å². The molecule has 0 amide bonds. The van der Waals surface area contributed by atoms with Crippen LogP contribution in [0.4, 0.5) is 0 Å². The summed E-state index contributed by atoms with van der Waals surface area (Å²) in [7, 11) is 0. The second kappa shape index (κ2) is 9.47. The molecule has 0 aromatic heterocycles. The van der Waals surface area contributed by atoms with Gasteiger partial charge in [-0.15, -0.1) is 0 Å². The summed E-state index contributed by atoms with van der Waals surface area (Å²) in [6.07, 6.45) is 1.10. The normalized spacial score (nSPS) is 16.1. The third-order valence-electron chi connectivity index (χ3n) is 1.97. The topological polar surface area (TPSA) is 77.8 Å². The van der Waals surface area contributed by atoms with Crippen LogP contribution in [0.25, 0.3) is 0 Å². The van der Waals surface area contributed by atoms with E-state index in [0.717, 1.165) is 33.0 Å². The molecule has 1 heterocycles. The number of carboxylic acid groups (broad SMARTS) is 2. The summed E-state index contributed by atoms with van der Waals surface area (Å²) >= 11 is 1.98. The zero-order valence-electron chi connectivity index (χ0n) is 9.52. The van der Waals surface area contributed by atoms with Crippen molar-refractivity contribution in [3.8, 4) is 0 Å². The minimum Gasteiger partial charge on any atom is -0.481 e. The second-order valence-electron chi connectivity index (χ2n) is 3.47. The third-order valence-corrected chi connectivity index (χ3v) is 2.91. The van der Waals surface area contributed by atoms with Gasteiger partial charge in [-0.1, -0.05) is 0 Å². The van der Waals surface area contributed by atoms with Gasteiger partial charge >= 0.3 is 5.97 Å². The lowest BCUT2D eigenvalue weighted by molar-refractivity contribution is -0.137. The molecule has 0 saturated carbocycles. The lowest BCUT2D eigenvalue weighted by atomic mass is 10.3. The van der Waals surface area contributed by atoms with Gasteiger partial charge in [0.15, 0.2) is 0 Å². The highest BCUT2D eigenvalue weighted by molar-refractivity contribution is 7.99. The number of aliphatic carboxylic acids is 2. The van der Waals surface area contributed by atoms with Crippen LogP contribution in [0.5, 0.6) is 0 Å². The Kier molecular flexibility index (Phi) is 9.03. The van der Waals surface area contributed by atoms with E-state index in [1.807, 2.05) is 11.8 Å². The first-order chi connectivity index (χ1) is 7.52. The number of hydrogen-bond donors (Lipinski definition) is 2. The number of thioether (sulfide) groups is 1. The molecule has 0 atom stereocenters. The Morgan fingerprint density at radius 2 is 1.75 bits per heavy atom. The Balaban J connectivity index is 0.000000487. The summed E-state index contributed by atoms with van der Waals surface area (Å²) in [5.74, 6) is 0.890. The standard InChI is InChI=1S/C8H15NO2S.C2H4O2/c10-8(11)2-1-3-9-4-6-12-7-5-9;1-2(3)4/h1-7H2,(H,10,11);1H3,(H,3,4). The smallest absolute Gasteiger partial charge is 0.303 e. The number of carbonyl (C=O) groups is 2. The highest BCUT2D eigenvalue weighted by Crippen LogP contribution is 2.09. The predicted octanol–water partition coefficient (Wildman–Crippen LogP) is 0.991. The van der Waals surface area contributed by atoms with Gasteiger partial charge in [0, 0.05) is 37.9 Å². The fraction of sp³-hybridized carbons (Fsp3) is 0.800. The number of rotatable bonds is 4. The minimum absolute atomic E-state index is 0.309. The fourth-order valence-electron chi connectivity index (χ4n) is 1.28. The molecule has 1 aliphatic rings. The van der Waals surface area contributed by atoms with Gasteiger partial charge in [-0.05, 0) is 13.0 Å². The van der Waals surface area contributed by atoms with Gasteiger partial charge in [-0.3, -0.25) is 9.59 Å². The lowest BCUT2D eigenvalue weighted by Gasteiger charge is -2.25. The molecule has 2 N–H and O–H groups in total. The predicted molar refractivity (Wildman–Crippen MR) is 63.9 cm³/mol. The largest absolute Gasteiger partial charge is 0.481 e. The Morgan fingerprint density at radius 1 is 1.25 bits per heavy atom. The Labute approximate surface area is 99.8 Å². The first kappa shape index (κ1) is 15.2.